The molecule has 0 aliphatic heterocycles. The summed E-state index contributed by atoms with van der Waals surface area (Å²) in [7, 11) is 1.82. The molecule has 1 aromatic heterocycles. The molecule has 0 radical (unpaired) electrons. The first kappa shape index (κ1) is 7.34. The molecule has 1 atom stereocenters. The number of aromatic nitrogens is 2. The highest BCUT2D eigenvalue weighted by atomic mass is 16.5. The Labute approximate surface area is 72.6 Å². The van der Waals surface area contributed by atoms with Crippen molar-refractivity contribution >= 4 is 5.97 Å². The third-order valence-electron chi connectivity index (χ3n) is 1.50. The molecule has 0 aliphatic carbocycles. The van der Waals surface area contributed by atoms with Gasteiger partial charge >= 0.3 is 5.97 Å². The van der Waals surface area contributed by atoms with E-state index < -0.39 is 12.4 Å². The Bertz CT molecular complexity index is 296. The zero-order valence-corrected chi connectivity index (χ0v) is 7.15. The van der Waals surface area contributed by atoms with Crippen molar-refractivity contribution < 1.29 is 10.9 Å². The van der Waals surface area contributed by atoms with Crippen LogP contribution >= 0.6 is 0 Å². The topological polar surface area (TPSA) is 44.1 Å². The molecule has 4 heteroatoms. The minimum atomic E-state index is -0.833. The number of carbonyl (C=O) groups is 1. The summed E-state index contributed by atoms with van der Waals surface area (Å²) in [6, 6.07) is 0. The molecule has 4 nitrogen and oxygen atoms in total. The Kier molecular flexibility index (Phi) is 2.38. The van der Waals surface area contributed by atoms with Gasteiger partial charge in [0.1, 0.15) is 12.4 Å². The van der Waals surface area contributed by atoms with Gasteiger partial charge in [0.25, 0.3) is 0 Å². The van der Waals surface area contributed by atoms with E-state index >= 15 is 0 Å². The fraction of sp³-hybridized carbons (Fsp3) is 0.500. The number of ether oxygens (including phenoxy) is 1. The monoisotopic (exact) mass is 169 g/mol. The number of aryl methyl sites for hydroxylation is 1. The van der Waals surface area contributed by atoms with Crippen molar-refractivity contribution in [2.45, 2.75) is 19.9 Å². The SMILES string of the molecule is [2H]C(C)C(=O)OCc1nccn1C. The van der Waals surface area contributed by atoms with Crippen molar-refractivity contribution in [1.82, 2.24) is 9.55 Å². The molecular formula is C8H12N2O2. The maximum Gasteiger partial charge on any atom is 0.305 e. The summed E-state index contributed by atoms with van der Waals surface area (Å²) in [5.41, 5.74) is 0. The maximum absolute atomic E-state index is 10.9. The van der Waals surface area contributed by atoms with Gasteiger partial charge in [0, 0.05) is 27.2 Å². The van der Waals surface area contributed by atoms with Gasteiger partial charge in [0.2, 0.25) is 0 Å². The molecule has 0 saturated heterocycles. The van der Waals surface area contributed by atoms with Crippen molar-refractivity contribution in [3.8, 4) is 0 Å². The van der Waals surface area contributed by atoms with E-state index in [4.69, 9.17) is 6.11 Å². The molecule has 0 bridgehead atoms. The largest absolute Gasteiger partial charge is 0.458 e. The minimum absolute atomic E-state index is 0.131. The molecule has 1 unspecified atom stereocenters. The van der Waals surface area contributed by atoms with Crippen LogP contribution in [0.3, 0.4) is 0 Å². The van der Waals surface area contributed by atoms with E-state index in [0.717, 1.165) is 0 Å². The minimum Gasteiger partial charge on any atom is -0.458 e. The second-order valence-corrected chi connectivity index (χ2v) is 2.35. The Morgan fingerprint density at radius 3 is 3.17 bits per heavy atom. The lowest BCUT2D eigenvalue weighted by Gasteiger charge is -2.02. The summed E-state index contributed by atoms with van der Waals surface area (Å²) in [6.45, 7) is 1.60. The lowest BCUT2D eigenvalue weighted by molar-refractivity contribution is -0.144. The molecular weight excluding hydrogens is 156 g/mol. The average molecular weight is 169 g/mol. The second kappa shape index (κ2) is 3.90. The van der Waals surface area contributed by atoms with E-state index in [1.165, 1.54) is 6.92 Å². The summed E-state index contributed by atoms with van der Waals surface area (Å²) in [5.74, 6) is 0.150. The number of nitrogens with zero attached hydrogens (tertiary/aromatic N) is 2. The summed E-state index contributed by atoms with van der Waals surface area (Å²) in [5, 5.41) is 0. The Balaban J connectivity index is 2.44. The second-order valence-electron chi connectivity index (χ2n) is 2.35. The third kappa shape index (κ3) is 2.08. The van der Waals surface area contributed by atoms with Crippen LogP contribution in [-0.2, 0) is 23.2 Å². The van der Waals surface area contributed by atoms with Crippen LogP contribution in [0.1, 0.15) is 20.5 Å². The summed E-state index contributed by atoms with van der Waals surface area (Å²) >= 11 is 0. The highest BCUT2D eigenvalue weighted by Gasteiger charge is 2.02. The van der Waals surface area contributed by atoms with Crippen molar-refractivity contribution in [3.63, 3.8) is 0 Å². The first-order valence-corrected chi connectivity index (χ1v) is 3.66. The van der Waals surface area contributed by atoms with Crippen LogP contribution in [0.5, 0.6) is 0 Å². The molecule has 12 heavy (non-hydrogen) atoms. The van der Waals surface area contributed by atoms with Crippen molar-refractivity contribution in [2.75, 3.05) is 0 Å². The van der Waals surface area contributed by atoms with Gasteiger partial charge in [0.15, 0.2) is 0 Å². The molecule has 0 fully saturated rings. The van der Waals surface area contributed by atoms with Crippen LogP contribution < -0.4 is 0 Å². The normalized spacial score (nSPS) is 13.7. The maximum atomic E-state index is 10.9. The highest BCUT2D eigenvalue weighted by Crippen LogP contribution is 1.97. The number of rotatable bonds is 3. The van der Waals surface area contributed by atoms with Gasteiger partial charge in [0.05, 0.1) is 0 Å². The van der Waals surface area contributed by atoms with Gasteiger partial charge < -0.3 is 9.30 Å². The molecule has 0 N–H and O–H groups in total. The fourth-order valence-corrected chi connectivity index (χ4v) is 0.755. The molecule has 0 aromatic carbocycles. The van der Waals surface area contributed by atoms with Crippen LogP contribution in [0.2, 0.25) is 0 Å². The van der Waals surface area contributed by atoms with E-state index in [2.05, 4.69) is 4.98 Å². The van der Waals surface area contributed by atoms with E-state index in [1.807, 2.05) is 7.05 Å². The highest BCUT2D eigenvalue weighted by molar-refractivity contribution is 5.68. The molecule has 1 aromatic rings. The smallest absolute Gasteiger partial charge is 0.305 e. The van der Waals surface area contributed by atoms with Crippen molar-refractivity contribution in [2.24, 2.45) is 7.05 Å². The predicted octanol–water partition coefficient (Wildman–Crippen LogP) is 0.873. The average Bonchev–Trinajstić information content (AvgIpc) is 2.47. The summed E-state index contributed by atoms with van der Waals surface area (Å²) < 4.78 is 13.6. The van der Waals surface area contributed by atoms with Gasteiger partial charge in [-0.25, -0.2) is 4.98 Å². The first-order chi connectivity index (χ1) is 6.11. The predicted molar refractivity (Wildman–Crippen MR) is 43.3 cm³/mol. The van der Waals surface area contributed by atoms with Gasteiger partial charge in [-0.15, -0.1) is 0 Å². The molecule has 0 saturated carbocycles. The van der Waals surface area contributed by atoms with E-state index in [1.54, 1.807) is 17.0 Å². The number of imidazole rings is 1. The van der Waals surface area contributed by atoms with E-state index in [9.17, 15) is 4.79 Å². The summed E-state index contributed by atoms with van der Waals surface area (Å²) in [6.07, 6.45) is 2.57. The zero-order chi connectivity index (χ0) is 9.84. The third-order valence-corrected chi connectivity index (χ3v) is 1.50. The Morgan fingerprint density at radius 2 is 2.67 bits per heavy atom. The fourth-order valence-electron chi connectivity index (χ4n) is 0.755. The Morgan fingerprint density at radius 1 is 1.92 bits per heavy atom. The molecule has 66 valence electrons. The van der Waals surface area contributed by atoms with Crippen molar-refractivity contribution in [3.05, 3.63) is 18.2 Å². The standard InChI is InChI=1S/C8H12N2O2/c1-3-8(11)12-6-7-9-4-5-10(7)2/h4-5H,3,6H2,1-2H3/i3D. The van der Waals surface area contributed by atoms with Crippen LogP contribution in [-0.4, -0.2) is 15.5 Å². The van der Waals surface area contributed by atoms with Crippen LogP contribution in [0.4, 0.5) is 0 Å². The van der Waals surface area contributed by atoms with E-state index in [-0.39, 0.29) is 6.61 Å². The van der Waals surface area contributed by atoms with Crippen LogP contribution in [0, 0.1) is 0 Å². The lowest BCUT2D eigenvalue weighted by atomic mass is 10.5. The molecule has 1 heterocycles. The number of hydrogen-bond donors (Lipinski definition) is 0. The Hall–Kier alpha value is -1.32. The zero-order valence-electron chi connectivity index (χ0n) is 8.15. The number of carbonyl (C=O) groups excluding carboxylic acids is 1. The lowest BCUT2D eigenvalue weighted by Crippen LogP contribution is -2.06. The molecule has 1 rings (SSSR count). The quantitative estimate of drug-likeness (QED) is 0.631. The van der Waals surface area contributed by atoms with Gasteiger partial charge in [-0.1, -0.05) is 6.92 Å². The van der Waals surface area contributed by atoms with E-state index in [0.29, 0.717) is 5.82 Å². The first-order valence-electron chi connectivity index (χ1n) is 4.24. The number of esters is 1. The molecule has 0 spiro atoms. The molecule has 0 aliphatic rings. The van der Waals surface area contributed by atoms with Crippen LogP contribution in [0.15, 0.2) is 12.4 Å². The van der Waals surface area contributed by atoms with Crippen LogP contribution in [0.25, 0.3) is 0 Å². The van der Waals surface area contributed by atoms with Gasteiger partial charge in [-0.3, -0.25) is 4.79 Å². The molecule has 0 amide bonds. The summed E-state index contributed by atoms with van der Waals surface area (Å²) in [4.78, 5) is 14.9. The van der Waals surface area contributed by atoms with Gasteiger partial charge in [-0.05, 0) is 0 Å². The number of hydrogen-bond acceptors (Lipinski definition) is 3. The van der Waals surface area contributed by atoms with Gasteiger partial charge in [-0.2, -0.15) is 0 Å². The van der Waals surface area contributed by atoms with Crippen molar-refractivity contribution in [1.29, 1.82) is 0 Å².